The molecule has 0 radical (unpaired) electrons. The summed E-state index contributed by atoms with van der Waals surface area (Å²) in [5, 5.41) is 8.86. The minimum atomic E-state index is -0.869. The van der Waals surface area contributed by atoms with Crippen molar-refractivity contribution in [3.05, 3.63) is 102 Å². The van der Waals surface area contributed by atoms with E-state index in [1.807, 2.05) is 78.9 Å². The van der Waals surface area contributed by atoms with Gasteiger partial charge in [0.05, 0.1) is 12.1 Å². The van der Waals surface area contributed by atoms with Gasteiger partial charge in [-0.1, -0.05) is 60.7 Å². The molecular formula is C26H23NO5. The first-order valence-electron chi connectivity index (χ1n) is 10.3. The predicted octanol–water partition coefficient (Wildman–Crippen LogP) is 5.52. The van der Waals surface area contributed by atoms with E-state index in [4.69, 9.17) is 19.0 Å². The molecule has 0 spiro atoms. The van der Waals surface area contributed by atoms with Crippen LogP contribution in [-0.2, 0) is 24.4 Å². The topological polar surface area (TPSA) is 81.8 Å². The van der Waals surface area contributed by atoms with Gasteiger partial charge in [-0.3, -0.25) is 4.79 Å². The van der Waals surface area contributed by atoms with Crippen molar-refractivity contribution in [2.24, 2.45) is 0 Å². The summed E-state index contributed by atoms with van der Waals surface area (Å²) >= 11 is 0. The quantitative estimate of drug-likeness (QED) is 0.358. The zero-order chi connectivity index (χ0) is 22.2. The maximum atomic E-state index is 10.8. The van der Waals surface area contributed by atoms with Crippen molar-refractivity contribution in [3.63, 3.8) is 0 Å². The first kappa shape index (κ1) is 21.2. The zero-order valence-electron chi connectivity index (χ0n) is 17.4. The van der Waals surface area contributed by atoms with Crippen LogP contribution in [0.2, 0.25) is 0 Å². The summed E-state index contributed by atoms with van der Waals surface area (Å²) in [7, 11) is 0. The van der Waals surface area contributed by atoms with Gasteiger partial charge in [0.25, 0.3) is 0 Å². The second-order valence-electron chi connectivity index (χ2n) is 7.25. The first-order chi connectivity index (χ1) is 15.7. The van der Waals surface area contributed by atoms with E-state index in [9.17, 15) is 4.79 Å². The minimum absolute atomic E-state index is 0.00364. The number of benzene rings is 3. The van der Waals surface area contributed by atoms with Crippen LogP contribution in [0.3, 0.4) is 0 Å². The average Bonchev–Trinajstić information content (AvgIpc) is 3.31. The normalized spacial score (nSPS) is 10.6. The fourth-order valence-electron chi connectivity index (χ4n) is 3.13. The van der Waals surface area contributed by atoms with Gasteiger partial charge in [-0.25, -0.2) is 4.98 Å². The highest BCUT2D eigenvalue weighted by atomic mass is 16.5. The summed E-state index contributed by atoms with van der Waals surface area (Å²) in [6.45, 7) is 0.807. The molecule has 0 atom stereocenters. The lowest BCUT2D eigenvalue weighted by Crippen LogP contribution is -2.01. The number of hydrogen-bond acceptors (Lipinski definition) is 5. The van der Waals surface area contributed by atoms with E-state index in [1.54, 1.807) is 0 Å². The molecule has 4 rings (SSSR count). The number of aliphatic carboxylic acids is 1. The molecule has 0 aliphatic carbocycles. The number of nitrogens with zero attached hydrogens (tertiary/aromatic N) is 1. The second kappa shape index (κ2) is 10.3. The molecule has 0 aliphatic heterocycles. The number of aromatic nitrogens is 1. The van der Waals surface area contributed by atoms with Crippen LogP contribution in [0.1, 0.15) is 23.2 Å². The fourth-order valence-corrected chi connectivity index (χ4v) is 3.13. The van der Waals surface area contributed by atoms with E-state index < -0.39 is 5.97 Å². The molecule has 0 amide bonds. The van der Waals surface area contributed by atoms with Gasteiger partial charge < -0.3 is 19.0 Å². The molecule has 1 aromatic heterocycles. The van der Waals surface area contributed by atoms with Crippen molar-refractivity contribution in [3.8, 4) is 23.0 Å². The van der Waals surface area contributed by atoms with E-state index in [1.165, 1.54) is 6.26 Å². The molecule has 0 fully saturated rings. The van der Waals surface area contributed by atoms with Crippen LogP contribution in [0.4, 0.5) is 0 Å². The lowest BCUT2D eigenvalue weighted by Gasteiger charge is -2.14. The average molecular weight is 429 g/mol. The Morgan fingerprint density at radius 1 is 0.844 bits per heavy atom. The summed E-state index contributed by atoms with van der Waals surface area (Å²) < 4.78 is 17.7. The van der Waals surface area contributed by atoms with Crippen LogP contribution in [0, 0.1) is 0 Å². The van der Waals surface area contributed by atoms with Crippen LogP contribution in [0.5, 0.6) is 11.5 Å². The summed E-state index contributed by atoms with van der Waals surface area (Å²) in [5.41, 5.74) is 3.42. The van der Waals surface area contributed by atoms with Crippen LogP contribution in [0.15, 0.2) is 89.5 Å². The molecule has 1 N–H and O–H groups in total. The van der Waals surface area contributed by atoms with Crippen molar-refractivity contribution in [2.45, 2.75) is 26.1 Å². The van der Waals surface area contributed by atoms with Gasteiger partial charge in [0.1, 0.15) is 19.5 Å². The minimum Gasteiger partial charge on any atom is -0.485 e. The van der Waals surface area contributed by atoms with E-state index in [0.717, 1.165) is 16.7 Å². The molecule has 162 valence electrons. The molecule has 0 saturated heterocycles. The Balaban J connectivity index is 1.54. The standard InChI is InChI=1S/C26H23NO5/c28-25(29)14-12-22-18-32-26(27-22)21-11-13-23(30-16-19-7-3-1-4-8-19)24(15-21)31-17-20-9-5-2-6-10-20/h1-11,13,15,18H,12,14,16-17H2,(H,28,29). The van der Waals surface area contributed by atoms with Gasteiger partial charge in [0.15, 0.2) is 11.5 Å². The predicted molar refractivity (Wildman–Crippen MR) is 119 cm³/mol. The number of carbonyl (C=O) groups is 1. The van der Waals surface area contributed by atoms with E-state index in [0.29, 0.717) is 42.7 Å². The molecule has 6 nitrogen and oxygen atoms in total. The van der Waals surface area contributed by atoms with E-state index in [2.05, 4.69) is 4.98 Å². The third kappa shape index (κ3) is 5.76. The molecule has 3 aromatic carbocycles. The van der Waals surface area contributed by atoms with Gasteiger partial charge in [0.2, 0.25) is 5.89 Å². The Bertz CT molecular complexity index is 1160. The number of carboxylic acid groups (broad SMARTS) is 1. The zero-order valence-corrected chi connectivity index (χ0v) is 17.4. The Morgan fingerprint density at radius 2 is 1.47 bits per heavy atom. The molecule has 0 saturated carbocycles. The monoisotopic (exact) mass is 429 g/mol. The number of aryl methyl sites for hydroxylation is 1. The second-order valence-corrected chi connectivity index (χ2v) is 7.25. The van der Waals surface area contributed by atoms with Gasteiger partial charge >= 0.3 is 5.97 Å². The lowest BCUT2D eigenvalue weighted by atomic mass is 10.2. The summed E-state index contributed by atoms with van der Waals surface area (Å²) in [5.74, 6) is 0.731. The Morgan fingerprint density at radius 3 is 2.09 bits per heavy atom. The number of hydrogen-bond donors (Lipinski definition) is 1. The van der Waals surface area contributed by atoms with Gasteiger partial charge in [-0.2, -0.15) is 0 Å². The van der Waals surface area contributed by atoms with Gasteiger partial charge in [-0.05, 0) is 29.3 Å². The van der Waals surface area contributed by atoms with Crippen LogP contribution < -0.4 is 9.47 Å². The van der Waals surface area contributed by atoms with E-state index in [-0.39, 0.29) is 6.42 Å². The lowest BCUT2D eigenvalue weighted by molar-refractivity contribution is -0.136. The maximum absolute atomic E-state index is 10.8. The fraction of sp³-hybridized carbons (Fsp3) is 0.154. The van der Waals surface area contributed by atoms with E-state index >= 15 is 0 Å². The summed E-state index contributed by atoms with van der Waals surface area (Å²) in [6, 6.07) is 25.3. The maximum Gasteiger partial charge on any atom is 0.303 e. The highest BCUT2D eigenvalue weighted by Gasteiger charge is 2.13. The molecule has 0 unspecified atom stereocenters. The molecule has 6 heteroatoms. The first-order valence-corrected chi connectivity index (χ1v) is 10.3. The van der Waals surface area contributed by atoms with Crippen molar-refractivity contribution in [1.29, 1.82) is 0 Å². The third-order valence-electron chi connectivity index (χ3n) is 4.81. The SMILES string of the molecule is O=C(O)CCc1coc(-c2ccc(OCc3ccccc3)c(OCc3ccccc3)c2)n1. The summed E-state index contributed by atoms with van der Waals surface area (Å²) in [6.07, 6.45) is 1.81. The highest BCUT2D eigenvalue weighted by Crippen LogP contribution is 2.34. The Hall–Kier alpha value is -4.06. The number of carboxylic acids is 1. The van der Waals surface area contributed by atoms with Gasteiger partial charge in [-0.15, -0.1) is 0 Å². The smallest absolute Gasteiger partial charge is 0.303 e. The van der Waals surface area contributed by atoms with Crippen molar-refractivity contribution >= 4 is 5.97 Å². The van der Waals surface area contributed by atoms with Crippen LogP contribution in [0.25, 0.3) is 11.5 Å². The summed E-state index contributed by atoms with van der Waals surface area (Å²) in [4.78, 5) is 15.2. The van der Waals surface area contributed by atoms with Crippen LogP contribution in [-0.4, -0.2) is 16.1 Å². The van der Waals surface area contributed by atoms with Crippen molar-refractivity contribution in [2.75, 3.05) is 0 Å². The molecule has 0 bridgehead atoms. The van der Waals surface area contributed by atoms with Crippen molar-refractivity contribution < 1.29 is 23.8 Å². The highest BCUT2D eigenvalue weighted by molar-refractivity contribution is 5.67. The number of oxazole rings is 1. The van der Waals surface area contributed by atoms with Crippen LogP contribution >= 0.6 is 0 Å². The number of rotatable bonds is 10. The Kier molecular flexibility index (Phi) is 6.82. The van der Waals surface area contributed by atoms with Crippen molar-refractivity contribution in [1.82, 2.24) is 4.98 Å². The van der Waals surface area contributed by atoms with Gasteiger partial charge in [0, 0.05) is 12.0 Å². The molecular weight excluding hydrogens is 406 g/mol. The third-order valence-corrected chi connectivity index (χ3v) is 4.81. The molecule has 1 heterocycles. The Labute approximate surface area is 186 Å². The number of ether oxygens (including phenoxy) is 2. The molecule has 0 aliphatic rings. The molecule has 32 heavy (non-hydrogen) atoms. The largest absolute Gasteiger partial charge is 0.485 e. The molecule has 4 aromatic rings.